The molecular weight excluding hydrogens is 154 g/mol. The Hall–Kier alpha value is -0.230. The third-order valence-corrected chi connectivity index (χ3v) is 1.78. The lowest BCUT2D eigenvalue weighted by atomic mass is 10.0. The van der Waals surface area contributed by atoms with Crippen LogP contribution in [0, 0.1) is 0 Å². The zero-order chi connectivity index (χ0) is 8.59. The van der Waals surface area contributed by atoms with Gasteiger partial charge in [-0.05, 0) is 6.92 Å². The highest BCUT2D eigenvalue weighted by Crippen LogP contribution is 2.21. The topological polar surface area (TPSA) is 69.9 Å². The minimum atomic E-state index is -1.84. The summed E-state index contributed by atoms with van der Waals surface area (Å²) in [6.45, 7) is 1.42. The van der Waals surface area contributed by atoms with E-state index in [1.807, 2.05) is 0 Å². The summed E-state index contributed by atoms with van der Waals surface area (Å²) in [6.07, 6.45) is -7.19. The Bertz CT molecular complexity index is 129. The lowest BCUT2D eigenvalue weighted by Gasteiger charge is -2.35. The molecule has 1 rings (SSSR count). The highest BCUT2D eigenvalue weighted by atomic mass is 18.2. The Labute approximate surface area is 63.2 Å². The van der Waals surface area contributed by atoms with Crippen molar-refractivity contribution in [3.05, 3.63) is 0 Å². The first-order chi connectivity index (χ1) is 5.04. The Balaban J connectivity index is 2.63. The number of halogens is 1. The van der Waals surface area contributed by atoms with Crippen molar-refractivity contribution in [3.8, 4) is 0 Å². The van der Waals surface area contributed by atoms with E-state index >= 15 is 0 Å². The van der Waals surface area contributed by atoms with Crippen LogP contribution >= 0.6 is 0 Å². The van der Waals surface area contributed by atoms with Crippen LogP contribution in [0.3, 0.4) is 0 Å². The zero-order valence-corrected chi connectivity index (χ0v) is 6.01. The Morgan fingerprint density at radius 2 is 1.73 bits per heavy atom. The van der Waals surface area contributed by atoms with Crippen LogP contribution in [-0.4, -0.2) is 46.1 Å². The second-order valence-corrected chi connectivity index (χ2v) is 2.66. The molecule has 4 nitrogen and oxygen atoms in total. The fourth-order valence-electron chi connectivity index (χ4n) is 0.999. The van der Waals surface area contributed by atoms with E-state index in [1.54, 1.807) is 0 Å². The molecule has 1 fully saturated rings. The van der Waals surface area contributed by atoms with Crippen molar-refractivity contribution in [2.45, 2.75) is 37.7 Å². The van der Waals surface area contributed by atoms with Gasteiger partial charge < -0.3 is 20.1 Å². The molecule has 1 aliphatic rings. The Morgan fingerprint density at radius 1 is 1.18 bits per heavy atom. The number of alkyl halides is 1. The fourth-order valence-corrected chi connectivity index (χ4v) is 0.999. The van der Waals surface area contributed by atoms with E-state index in [0.29, 0.717) is 0 Å². The first kappa shape index (κ1) is 8.86. The highest BCUT2D eigenvalue weighted by Gasteiger charge is 2.42. The quantitative estimate of drug-likeness (QED) is 0.421. The fraction of sp³-hybridized carbons (Fsp3) is 1.00. The molecule has 0 saturated carbocycles. The van der Waals surface area contributed by atoms with Gasteiger partial charge in [0.05, 0.1) is 6.10 Å². The van der Waals surface area contributed by atoms with Crippen molar-refractivity contribution in [2.75, 3.05) is 0 Å². The van der Waals surface area contributed by atoms with Crippen LogP contribution < -0.4 is 0 Å². The van der Waals surface area contributed by atoms with Gasteiger partial charge in [0.2, 0.25) is 0 Å². The summed E-state index contributed by atoms with van der Waals surface area (Å²) >= 11 is 0. The molecule has 0 aromatic rings. The van der Waals surface area contributed by atoms with E-state index in [-0.39, 0.29) is 0 Å². The third kappa shape index (κ3) is 1.51. The van der Waals surface area contributed by atoms with Crippen LogP contribution in [0.4, 0.5) is 4.39 Å². The summed E-state index contributed by atoms with van der Waals surface area (Å²) in [7, 11) is 0. The summed E-state index contributed by atoms with van der Waals surface area (Å²) in [5.74, 6) is 0. The molecule has 1 heterocycles. The molecule has 1 aliphatic heterocycles. The van der Waals surface area contributed by atoms with Crippen LogP contribution in [0.2, 0.25) is 0 Å². The Morgan fingerprint density at radius 3 is 2.27 bits per heavy atom. The maximum absolute atomic E-state index is 12.7. The number of rotatable bonds is 0. The van der Waals surface area contributed by atoms with Crippen LogP contribution in [0.15, 0.2) is 0 Å². The molecule has 5 atom stereocenters. The van der Waals surface area contributed by atoms with Gasteiger partial charge in [0.1, 0.15) is 12.2 Å². The number of aliphatic hydroxyl groups excluding tert-OH is 3. The monoisotopic (exact) mass is 165 g/mol. The third-order valence-electron chi connectivity index (χ3n) is 1.78. The molecule has 0 spiro atoms. The van der Waals surface area contributed by atoms with Gasteiger partial charge in [-0.1, -0.05) is 0 Å². The largest absolute Gasteiger partial charge is 0.387 e. The van der Waals surface area contributed by atoms with Gasteiger partial charge in [-0.25, -0.2) is 4.39 Å². The SMILES string of the molecule is C[C@@H]1OC(O)[C@H](O)[C@H]([18F])[C@H]1O. The second kappa shape index (κ2) is 3.02. The summed E-state index contributed by atoms with van der Waals surface area (Å²) in [6, 6.07) is 0. The van der Waals surface area contributed by atoms with Crippen molar-refractivity contribution < 1.29 is 24.4 Å². The second-order valence-electron chi connectivity index (χ2n) is 2.66. The summed E-state index contributed by atoms with van der Waals surface area (Å²) in [5, 5.41) is 26.6. The molecule has 5 heteroatoms. The lowest BCUT2D eigenvalue weighted by Crippen LogP contribution is -2.54. The molecule has 0 amide bonds. The number of aliphatic hydroxyl groups is 3. The predicted molar refractivity (Wildman–Crippen MR) is 33.5 cm³/mol. The highest BCUT2D eigenvalue weighted by molar-refractivity contribution is 4.86. The van der Waals surface area contributed by atoms with Gasteiger partial charge >= 0.3 is 0 Å². The molecule has 11 heavy (non-hydrogen) atoms. The number of ether oxygens (including phenoxy) is 1. The van der Waals surface area contributed by atoms with E-state index in [0.717, 1.165) is 0 Å². The summed E-state index contributed by atoms with van der Waals surface area (Å²) in [5.41, 5.74) is 0. The van der Waals surface area contributed by atoms with Crippen LogP contribution in [0.1, 0.15) is 6.92 Å². The van der Waals surface area contributed by atoms with Crippen LogP contribution in [0.5, 0.6) is 0 Å². The average molecular weight is 165 g/mol. The smallest absolute Gasteiger partial charge is 0.184 e. The van der Waals surface area contributed by atoms with E-state index in [4.69, 9.17) is 15.3 Å². The molecule has 66 valence electrons. The standard InChI is InChI=1S/C6H11FO4/c1-2-4(8)3(7)5(9)6(10)11-2/h2-6,8-10H,1H3/t2-,3+,4-,5+,6?/m0/s1/i7-1. The van der Waals surface area contributed by atoms with Crippen molar-refractivity contribution in [1.82, 2.24) is 0 Å². The predicted octanol–water partition coefficient (Wildman–Crippen LogP) is -1.22. The molecule has 0 aliphatic carbocycles. The molecule has 1 saturated heterocycles. The lowest BCUT2D eigenvalue weighted by molar-refractivity contribution is -0.265. The molecule has 0 aromatic heterocycles. The van der Waals surface area contributed by atoms with Crippen molar-refractivity contribution in [1.29, 1.82) is 0 Å². The van der Waals surface area contributed by atoms with Gasteiger partial charge in [-0.2, -0.15) is 0 Å². The van der Waals surface area contributed by atoms with Crippen LogP contribution in [-0.2, 0) is 4.74 Å². The van der Waals surface area contributed by atoms with Crippen molar-refractivity contribution >= 4 is 0 Å². The van der Waals surface area contributed by atoms with Crippen molar-refractivity contribution in [3.63, 3.8) is 0 Å². The summed E-state index contributed by atoms with van der Waals surface area (Å²) in [4.78, 5) is 0. The van der Waals surface area contributed by atoms with E-state index in [1.165, 1.54) is 6.92 Å². The maximum atomic E-state index is 12.7. The average Bonchev–Trinajstić information content (AvgIpc) is 1.97. The molecule has 3 N–H and O–H groups in total. The van der Waals surface area contributed by atoms with Gasteiger partial charge in [-0.3, -0.25) is 0 Å². The molecule has 0 aromatic carbocycles. The number of hydrogen-bond acceptors (Lipinski definition) is 4. The maximum Gasteiger partial charge on any atom is 0.184 e. The molecule has 0 radical (unpaired) electrons. The van der Waals surface area contributed by atoms with Gasteiger partial charge in [-0.15, -0.1) is 0 Å². The van der Waals surface area contributed by atoms with E-state index in [9.17, 15) is 4.39 Å². The van der Waals surface area contributed by atoms with E-state index in [2.05, 4.69) is 4.74 Å². The minimum absolute atomic E-state index is 0.789. The molecular formula is C6H11FO4. The Kier molecular flexibility index (Phi) is 2.43. The van der Waals surface area contributed by atoms with Gasteiger partial charge in [0, 0.05) is 0 Å². The first-order valence-corrected chi connectivity index (χ1v) is 3.37. The van der Waals surface area contributed by atoms with Crippen LogP contribution in [0.25, 0.3) is 0 Å². The molecule has 1 unspecified atom stereocenters. The number of hydrogen-bond donors (Lipinski definition) is 3. The normalized spacial score (nSPS) is 52.6. The minimum Gasteiger partial charge on any atom is -0.387 e. The van der Waals surface area contributed by atoms with Gasteiger partial charge in [0.15, 0.2) is 12.5 Å². The first-order valence-electron chi connectivity index (χ1n) is 3.37. The summed E-state index contributed by atoms with van der Waals surface area (Å²) < 4.78 is 17.3. The molecule has 0 bridgehead atoms. The zero-order valence-electron chi connectivity index (χ0n) is 6.01. The van der Waals surface area contributed by atoms with E-state index < -0.39 is 30.8 Å². The van der Waals surface area contributed by atoms with Gasteiger partial charge in [0.25, 0.3) is 0 Å². The van der Waals surface area contributed by atoms with Crippen molar-refractivity contribution in [2.24, 2.45) is 0 Å².